The number of hydrogen-bond donors (Lipinski definition) is 3. The van der Waals surface area contributed by atoms with Crippen molar-refractivity contribution >= 4 is 41.0 Å². The first-order chi connectivity index (χ1) is 13.0. The number of carbonyl (C=O) groups excluding carboxylic acids is 1. The molecule has 0 aliphatic rings. The third kappa shape index (κ3) is 4.11. The number of nitrogens with two attached hydrogens (primary N) is 1. The van der Waals surface area contributed by atoms with Crippen molar-refractivity contribution < 1.29 is 9.18 Å². The summed E-state index contributed by atoms with van der Waals surface area (Å²) in [5.41, 5.74) is 6.48. The van der Waals surface area contributed by atoms with Crippen LogP contribution in [0.2, 0.25) is 5.02 Å². The van der Waals surface area contributed by atoms with Crippen LogP contribution in [0.5, 0.6) is 0 Å². The Balaban J connectivity index is 1.91. The van der Waals surface area contributed by atoms with Crippen LogP contribution >= 0.6 is 11.6 Å². The molecule has 0 saturated heterocycles. The lowest BCUT2D eigenvalue weighted by Gasteiger charge is -2.04. The number of anilines is 2. The summed E-state index contributed by atoms with van der Waals surface area (Å²) in [5.74, 6) is -1.05. The minimum absolute atomic E-state index is 0.0499. The zero-order chi connectivity index (χ0) is 19.4. The van der Waals surface area contributed by atoms with E-state index in [1.165, 1.54) is 18.3 Å². The Morgan fingerprint density at radius 3 is 2.89 bits per heavy atom. The van der Waals surface area contributed by atoms with Gasteiger partial charge in [0, 0.05) is 16.9 Å². The molecule has 0 spiro atoms. The van der Waals surface area contributed by atoms with Crippen molar-refractivity contribution in [2.75, 3.05) is 5.32 Å². The number of halogens is 2. The molecule has 3 aromatic rings. The van der Waals surface area contributed by atoms with Crippen LogP contribution in [0.15, 0.2) is 47.5 Å². The summed E-state index contributed by atoms with van der Waals surface area (Å²) in [6.07, 6.45) is 1.36. The summed E-state index contributed by atoms with van der Waals surface area (Å²) in [4.78, 5) is 16.0. The Morgan fingerprint density at radius 1 is 1.37 bits per heavy atom. The predicted octanol–water partition coefficient (Wildman–Crippen LogP) is 3.67. The lowest BCUT2D eigenvalue weighted by atomic mass is 10.1. The van der Waals surface area contributed by atoms with Gasteiger partial charge in [0.05, 0.1) is 5.56 Å². The van der Waals surface area contributed by atoms with Crippen LogP contribution in [-0.4, -0.2) is 22.3 Å². The Bertz CT molecular complexity index is 1090. The predicted molar refractivity (Wildman–Crippen MR) is 100 cm³/mol. The number of carbonyl (C=O) groups is 1. The second-order valence-corrected chi connectivity index (χ2v) is 5.84. The topological polar surface area (TPSA) is 120 Å². The quantitative estimate of drug-likeness (QED) is 0.583. The highest BCUT2D eigenvalue weighted by Crippen LogP contribution is 2.27. The number of hydrogen-bond acceptors (Lipinski definition) is 5. The Morgan fingerprint density at radius 2 is 2.19 bits per heavy atom. The molecule has 0 aliphatic heterocycles. The van der Waals surface area contributed by atoms with Crippen LogP contribution in [0.1, 0.15) is 21.5 Å². The zero-order valence-electron chi connectivity index (χ0n) is 13.7. The molecule has 0 unspecified atom stereocenters. The van der Waals surface area contributed by atoms with Gasteiger partial charge in [-0.1, -0.05) is 23.7 Å². The normalized spacial score (nSPS) is 10.7. The molecule has 0 radical (unpaired) electrons. The number of aromatic amines is 1. The van der Waals surface area contributed by atoms with E-state index in [9.17, 15) is 9.18 Å². The van der Waals surface area contributed by atoms with Crippen molar-refractivity contribution in [1.82, 2.24) is 10.2 Å². The molecule has 1 aromatic heterocycles. The number of aromatic nitrogens is 2. The monoisotopic (exact) mass is 382 g/mol. The first-order valence-corrected chi connectivity index (χ1v) is 8.00. The van der Waals surface area contributed by atoms with Crippen LogP contribution in [0.25, 0.3) is 0 Å². The SMILES string of the molecule is N#Cc1cc(/C=N/c2[nH]nc(Nc3cccc(Cl)c3)c2C(N)=O)ccc1F. The molecule has 9 heteroatoms. The second kappa shape index (κ2) is 7.68. The highest BCUT2D eigenvalue weighted by Gasteiger charge is 2.18. The number of rotatable bonds is 5. The summed E-state index contributed by atoms with van der Waals surface area (Å²) < 4.78 is 13.4. The van der Waals surface area contributed by atoms with Gasteiger partial charge in [0.1, 0.15) is 17.4 Å². The highest BCUT2D eigenvalue weighted by molar-refractivity contribution is 6.30. The average molecular weight is 383 g/mol. The minimum atomic E-state index is -0.739. The fraction of sp³-hybridized carbons (Fsp3) is 0. The van der Waals surface area contributed by atoms with Crippen LogP contribution in [-0.2, 0) is 0 Å². The molecule has 0 atom stereocenters. The van der Waals surface area contributed by atoms with E-state index in [1.807, 2.05) is 0 Å². The van der Waals surface area contributed by atoms with Crippen molar-refractivity contribution in [3.8, 4) is 6.07 Å². The molecule has 27 heavy (non-hydrogen) atoms. The number of nitriles is 1. The van der Waals surface area contributed by atoms with Crippen molar-refractivity contribution in [2.24, 2.45) is 10.7 Å². The maximum absolute atomic E-state index is 13.4. The lowest BCUT2D eigenvalue weighted by Crippen LogP contribution is -2.12. The van der Waals surface area contributed by atoms with E-state index in [0.29, 0.717) is 16.3 Å². The van der Waals surface area contributed by atoms with Crippen LogP contribution in [0, 0.1) is 17.1 Å². The molecule has 1 amide bonds. The lowest BCUT2D eigenvalue weighted by molar-refractivity contribution is 0.100. The molecule has 0 fully saturated rings. The first-order valence-electron chi connectivity index (χ1n) is 7.62. The molecule has 2 aromatic carbocycles. The number of nitrogens with one attached hydrogen (secondary N) is 2. The van der Waals surface area contributed by atoms with Gasteiger partial charge in [0.15, 0.2) is 11.6 Å². The maximum atomic E-state index is 13.4. The summed E-state index contributed by atoms with van der Waals surface area (Å²) >= 11 is 5.94. The molecule has 0 bridgehead atoms. The van der Waals surface area contributed by atoms with Gasteiger partial charge < -0.3 is 11.1 Å². The van der Waals surface area contributed by atoms with Gasteiger partial charge in [0.25, 0.3) is 5.91 Å². The molecule has 134 valence electrons. The number of H-pyrrole nitrogens is 1. The van der Waals surface area contributed by atoms with Gasteiger partial charge >= 0.3 is 0 Å². The number of amides is 1. The Labute approximate surface area is 158 Å². The Hall–Kier alpha value is -3.70. The first kappa shape index (κ1) is 18.1. The van der Waals surface area contributed by atoms with Crippen LogP contribution < -0.4 is 11.1 Å². The van der Waals surface area contributed by atoms with Crippen molar-refractivity contribution in [2.45, 2.75) is 0 Å². The molecule has 3 rings (SSSR count). The van der Waals surface area contributed by atoms with Crippen LogP contribution in [0.4, 0.5) is 21.7 Å². The highest BCUT2D eigenvalue weighted by atomic mass is 35.5. The third-order valence-corrected chi connectivity index (χ3v) is 3.77. The van der Waals surface area contributed by atoms with E-state index in [-0.39, 0.29) is 22.8 Å². The standard InChI is InChI=1S/C18H12ClFN6O/c19-12-2-1-3-13(7-12)24-18-15(16(22)27)17(25-26-18)23-9-10-4-5-14(20)11(6-10)8-21/h1-7,9H,(H2,22,27)(H2,24,25,26)/b23-9+. The van der Waals surface area contributed by atoms with E-state index < -0.39 is 11.7 Å². The van der Waals surface area contributed by atoms with Crippen molar-refractivity contribution in [3.05, 3.63) is 70.0 Å². The van der Waals surface area contributed by atoms with Crippen molar-refractivity contribution in [3.63, 3.8) is 0 Å². The smallest absolute Gasteiger partial charge is 0.256 e. The van der Waals surface area contributed by atoms with E-state index >= 15 is 0 Å². The number of aliphatic imine (C=N–C) groups is 1. The molecular formula is C18H12ClFN6O. The molecule has 4 N–H and O–H groups in total. The third-order valence-electron chi connectivity index (χ3n) is 3.53. The number of nitrogens with zero attached hydrogens (tertiary/aromatic N) is 3. The minimum Gasteiger partial charge on any atom is -0.365 e. The molecular weight excluding hydrogens is 371 g/mol. The summed E-state index contributed by atoms with van der Waals surface area (Å²) in [6.45, 7) is 0. The summed E-state index contributed by atoms with van der Waals surface area (Å²) in [6, 6.07) is 12.5. The summed E-state index contributed by atoms with van der Waals surface area (Å²) in [7, 11) is 0. The Kier molecular flexibility index (Phi) is 5.15. The van der Waals surface area contributed by atoms with Gasteiger partial charge in [-0.25, -0.2) is 9.38 Å². The van der Waals surface area contributed by atoms with Gasteiger partial charge in [0.2, 0.25) is 0 Å². The second-order valence-electron chi connectivity index (χ2n) is 5.40. The van der Waals surface area contributed by atoms with E-state index in [0.717, 1.165) is 6.07 Å². The molecule has 0 aliphatic carbocycles. The molecule has 1 heterocycles. The number of benzene rings is 2. The van der Waals surface area contributed by atoms with Crippen LogP contribution in [0.3, 0.4) is 0 Å². The summed E-state index contributed by atoms with van der Waals surface area (Å²) in [5, 5.41) is 19.0. The molecule has 0 saturated carbocycles. The van der Waals surface area contributed by atoms with E-state index in [4.69, 9.17) is 22.6 Å². The van der Waals surface area contributed by atoms with E-state index in [1.54, 1.807) is 30.3 Å². The maximum Gasteiger partial charge on any atom is 0.256 e. The van der Waals surface area contributed by atoms with E-state index in [2.05, 4.69) is 20.5 Å². The van der Waals surface area contributed by atoms with Gasteiger partial charge in [-0.05, 0) is 35.9 Å². The zero-order valence-corrected chi connectivity index (χ0v) is 14.5. The fourth-order valence-corrected chi connectivity index (χ4v) is 2.49. The van der Waals surface area contributed by atoms with Gasteiger partial charge in [-0.15, -0.1) is 0 Å². The average Bonchev–Trinajstić information content (AvgIpc) is 3.03. The van der Waals surface area contributed by atoms with Gasteiger partial charge in [-0.2, -0.15) is 10.4 Å². The fourth-order valence-electron chi connectivity index (χ4n) is 2.30. The van der Waals surface area contributed by atoms with Crippen molar-refractivity contribution in [1.29, 1.82) is 5.26 Å². The number of primary amides is 1. The van der Waals surface area contributed by atoms with Gasteiger partial charge in [-0.3, -0.25) is 9.89 Å². The largest absolute Gasteiger partial charge is 0.365 e. The molecule has 7 nitrogen and oxygen atoms in total.